The van der Waals surface area contributed by atoms with Gasteiger partial charge in [-0.2, -0.15) is 4.98 Å². The number of hydrogen-bond acceptors (Lipinski definition) is 5. The summed E-state index contributed by atoms with van der Waals surface area (Å²) in [6.45, 7) is 0. The molecular weight excluding hydrogens is 344 g/mol. The SMILES string of the molecule is COc1cccc(C(=O)Nc2n[nH]c(-c3ccccc3Cl)n2)c1OC. The molecule has 0 spiro atoms. The average Bonchev–Trinajstić information content (AvgIpc) is 3.09. The Morgan fingerprint density at radius 2 is 1.92 bits per heavy atom. The minimum absolute atomic E-state index is 0.129. The highest BCUT2D eigenvalue weighted by molar-refractivity contribution is 6.33. The molecule has 2 aromatic carbocycles. The number of amides is 1. The third-order valence-corrected chi connectivity index (χ3v) is 3.82. The van der Waals surface area contributed by atoms with E-state index in [1.54, 1.807) is 30.3 Å². The number of anilines is 1. The number of methoxy groups -OCH3 is 2. The third-order valence-electron chi connectivity index (χ3n) is 3.49. The number of carbonyl (C=O) groups is 1. The molecule has 8 heteroatoms. The van der Waals surface area contributed by atoms with Crippen LogP contribution in [0.2, 0.25) is 5.02 Å². The van der Waals surface area contributed by atoms with Crippen molar-refractivity contribution in [1.82, 2.24) is 15.2 Å². The van der Waals surface area contributed by atoms with Gasteiger partial charge < -0.3 is 9.47 Å². The molecule has 0 saturated carbocycles. The van der Waals surface area contributed by atoms with Crippen molar-refractivity contribution in [3.8, 4) is 22.9 Å². The fourth-order valence-electron chi connectivity index (χ4n) is 2.33. The molecule has 1 aromatic heterocycles. The fraction of sp³-hybridized carbons (Fsp3) is 0.118. The van der Waals surface area contributed by atoms with E-state index in [0.717, 1.165) is 0 Å². The van der Waals surface area contributed by atoms with Gasteiger partial charge >= 0.3 is 0 Å². The molecule has 1 heterocycles. The second-order valence-corrected chi connectivity index (χ2v) is 5.39. The van der Waals surface area contributed by atoms with E-state index < -0.39 is 5.91 Å². The molecule has 0 aliphatic heterocycles. The van der Waals surface area contributed by atoms with Gasteiger partial charge in [0.05, 0.1) is 24.8 Å². The summed E-state index contributed by atoms with van der Waals surface area (Å²) in [4.78, 5) is 16.8. The van der Waals surface area contributed by atoms with E-state index in [-0.39, 0.29) is 5.95 Å². The number of para-hydroxylation sites is 1. The van der Waals surface area contributed by atoms with Crippen molar-refractivity contribution < 1.29 is 14.3 Å². The van der Waals surface area contributed by atoms with Gasteiger partial charge in [-0.15, -0.1) is 5.10 Å². The normalized spacial score (nSPS) is 10.4. The molecular formula is C17H15ClN4O3. The van der Waals surface area contributed by atoms with Gasteiger partial charge in [-0.3, -0.25) is 15.2 Å². The first-order valence-electron chi connectivity index (χ1n) is 7.33. The lowest BCUT2D eigenvalue weighted by atomic mass is 10.1. The van der Waals surface area contributed by atoms with E-state index >= 15 is 0 Å². The van der Waals surface area contributed by atoms with Crippen LogP contribution in [-0.4, -0.2) is 35.3 Å². The number of carbonyl (C=O) groups excluding carboxylic acids is 1. The minimum Gasteiger partial charge on any atom is -0.493 e. The Labute approximate surface area is 148 Å². The van der Waals surface area contributed by atoms with Gasteiger partial charge in [0.1, 0.15) is 0 Å². The van der Waals surface area contributed by atoms with Crippen molar-refractivity contribution in [3.63, 3.8) is 0 Å². The Kier molecular flexibility index (Phi) is 4.85. The zero-order chi connectivity index (χ0) is 17.8. The number of nitrogens with zero attached hydrogens (tertiary/aromatic N) is 2. The Balaban J connectivity index is 1.85. The predicted molar refractivity (Wildman–Crippen MR) is 94.3 cm³/mol. The molecule has 0 aliphatic rings. The van der Waals surface area contributed by atoms with Gasteiger partial charge in [0.15, 0.2) is 17.3 Å². The van der Waals surface area contributed by atoms with Crippen molar-refractivity contribution in [3.05, 3.63) is 53.1 Å². The van der Waals surface area contributed by atoms with Crippen molar-refractivity contribution in [2.75, 3.05) is 19.5 Å². The maximum absolute atomic E-state index is 12.5. The van der Waals surface area contributed by atoms with Crippen LogP contribution >= 0.6 is 11.6 Å². The number of benzene rings is 2. The Morgan fingerprint density at radius 1 is 1.12 bits per heavy atom. The van der Waals surface area contributed by atoms with Crippen molar-refractivity contribution in [2.45, 2.75) is 0 Å². The molecule has 0 unspecified atom stereocenters. The van der Waals surface area contributed by atoms with Gasteiger partial charge in [-0.1, -0.05) is 29.8 Å². The minimum atomic E-state index is -0.416. The van der Waals surface area contributed by atoms with Gasteiger partial charge in [-0.05, 0) is 24.3 Å². The highest BCUT2D eigenvalue weighted by Gasteiger charge is 2.18. The van der Waals surface area contributed by atoms with Crippen molar-refractivity contribution in [2.24, 2.45) is 0 Å². The smallest absolute Gasteiger partial charge is 0.261 e. The van der Waals surface area contributed by atoms with E-state index in [0.29, 0.717) is 33.5 Å². The van der Waals surface area contributed by atoms with E-state index in [2.05, 4.69) is 20.5 Å². The predicted octanol–water partition coefficient (Wildman–Crippen LogP) is 3.39. The number of rotatable bonds is 5. The largest absolute Gasteiger partial charge is 0.493 e. The average molecular weight is 359 g/mol. The summed E-state index contributed by atoms with van der Waals surface area (Å²) in [5, 5.41) is 9.91. The maximum Gasteiger partial charge on any atom is 0.261 e. The molecule has 0 saturated heterocycles. The maximum atomic E-state index is 12.5. The van der Waals surface area contributed by atoms with Gasteiger partial charge in [0, 0.05) is 5.56 Å². The Hall–Kier alpha value is -3.06. The van der Waals surface area contributed by atoms with Crippen LogP contribution in [0.5, 0.6) is 11.5 Å². The fourth-order valence-corrected chi connectivity index (χ4v) is 2.55. The Morgan fingerprint density at radius 3 is 2.64 bits per heavy atom. The molecule has 0 aliphatic carbocycles. The summed E-state index contributed by atoms with van der Waals surface area (Å²) < 4.78 is 10.5. The molecule has 0 bridgehead atoms. The van der Waals surface area contributed by atoms with Gasteiger partial charge in [-0.25, -0.2) is 0 Å². The summed E-state index contributed by atoms with van der Waals surface area (Å²) in [7, 11) is 2.97. The number of aromatic nitrogens is 3. The Bertz CT molecular complexity index is 910. The molecule has 3 aromatic rings. The molecule has 0 fully saturated rings. The molecule has 25 heavy (non-hydrogen) atoms. The topological polar surface area (TPSA) is 89.1 Å². The number of nitrogens with one attached hydrogen (secondary N) is 2. The van der Waals surface area contributed by atoms with Gasteiger partial charge in [0.2, 0.25) is 5.95 Å². The van der Waals surface area contributed by atoms with E-state index in [1.807, 2.05) is 12.1 Å². The summed E-state index contributed by atoms with van der Waals surface area (Å²) in [6, 6.07) is 12.2. The molecule has 7 nitrogen and oxygen atoms in total. The monoisotopic (exact) mass is 358 g/mol. The highest BCUT2D eigenvalue weighted by atomic mass is 35.5. The van der Waals surface area contributed by atoms with Crippen molar-refractivity contribution in [1.29, 1.82) is 0 Å². The lowest BCUT2D eigenvalue weighted by molar-refractivity contribution is 0.102. The van der Waals surface area contributed by atoms with Crippen LogP contribution in [0.4, 0.5) is 5.95 Å². The lowest BCUT2D eigenvalue weighted by Gasteiger charge is -2.11. The quantitative estimate of drug-likeness (QED) is 0.729. The first-order chi connectivity index (χ1) is 12.1. The molecule has 128 valence electrons. The van der Waals surface area contributed by atoms with Crippen LogP contribution in [0.3, 0.4) is 0 Å². The molecule has 0 radical (unpaired) electrons. The van der Waals surface area contributed by atoms with Crippen LogP contribution in [0.15, 0.2) is 42.5 Å². The highest BCUT2D eigenvalue weighted by Crippen LogP contribution is 2.31. The van der Waals surface area contributed by atoms with Crippen LogP contribution in [0, 0.1) is 0 Å². The second kappa shape index (κ2) is 7.23. The molecule has 3 rings (SSSR count). The van der Waals surface area contributed by atoms with Gasteiger partial charge in [0.25, 0.3) is 5.91 Å². The summed E-state index contributed by atoms with van der Waals surface area (Å²) in [5.74, 6) is 0.968. The zero-order valence-corrected chi connectivity index (χ0v) is 14.3. The summed E-state index contributed by atoms with van der Waals surface area (Å²) in [6.07, 6.45) is 0. The lowest BCUT2D eigenvalue weighted by Crippen LogP contribution is -2.14. The van der Waals surface area contributed by atoms with E-state index in [1.165, 1.54) is 14.2 Å². The number of halogens is 1. The first-order valence-corrected chi connectivity index (χ1v) is 7.71. The molecule has 1 amide bonds. The second-order valence-electron chi connectivity index (χ2n) is 4.98. The number of H-pyrrole nitrogens is 1. The number of hydrogen-bond donors (Lipinski definition) is 2. The van der Waals surface area contributed by atoms with E-state index in [9.17, 15) is 4.79 Å². The number of ether oxygens (including phenoxy) is 2. The van der Waals surface area contributed by atoms with Crippen molar-refractivity contribution >= 4 is 23.5 Å². The van der Waals surface area contributed by atoms with Crippen LogP contribution in [0.1, 0.15) is 10.4 Å². The number of aromatic amines is 1. The van der Waals surface area contributed by atoms with Crippen LogP contribution < -0.4 is 14.8 Å². The standard InChI is InChI=1S/C17H15ClN4O3/c1-24-13-9-5-7-11(14(13)25-2)16(23)20-17-19-15(21-22-17)10-6-3-4-8-12(10)18/h3-9H,1-2H3,(H2,19,20,21,22,23). The van der Waals surface area contributed by atoms with E-state index in [4.69, 9.17) is 21.1 Å². The van der Waals surface area contributed by atoms with Crippen LogP contribution in [0.25, 0.3) is 11.4 Å². The first kappa shape index (κ1) is 16.8. The summed E-state index contributed by atoms with van der Waals surface area (Å²) >= 11 is 6.14. The zero-order valence-electron chi connectivity index (χ0n) is 13.5. The third kappa shape index (κ3) is 3.41. The molecule has 0 atom stereocenters. The van der Waals surface area contributed by atoms with Crippen LogP contribution in [-0.2, 0) is 0 Å². The molecule has 2 N–H and O–H groups in total. The summed E-state index contributed by atoms with van der Waals surface area (Å²) in [5.41, 5.74) is 1.00.